The molecule has 0 bridgehead atoms. The average molecular weight is 606 g/mol. The van der Waals surface area contributed by atoms with Crippen LogP contribution in [0.2, 0.25) is 0 Å². The van der Waals surface area contributed by atoms with Crippen LogP contribution in [0.1, 0.15) is 28.9 Å². The van der Waals surface area contributed by atoms with Crippen LogP contribution >= 0.6 is 11.5 Å². The van der Waals surface area contributed by atoms with Crippen LogP contribution in [-0.2, 0) is 10.0 Å². The number of alkyl halides is 3. The summed E-state index contributed by atoms with van der Waals surface area (Å²) in [7, 11) is -3.86. The SMILES string of the molecule is Cc1nsc(Nc2cnc3ccccc3n2)c1C(=O)Nc1cccc(NS(=O)(=O)C2CCN(CC(F)(F)F)CC2)c1. The van der Waals surface area contributed by atoms with Crippen molar-refractivity contribution in [2.75, 3.05) is 35.0 Å². The summed E-state index contributed by atoms with van der Waals surface area (Å²) in [4.78, 5) is 23.4. The number of hydrogen-bond donors (Lipinski definition) is 3. The van der Waals surface area contributed by atoms with E-state index in [0.29, 0.717) is 33.3 Å². The van der Waals surface area contributed by atoms with Crippen LogP contribution in [0.3, 0.4) is 0 Å². The van der Waals surface area contributed by atoms with Gasteiger partial charge in [-0.1, -0.05) is 18.2 Å². The molecule has 1 amide bonds. The molecule has 0 atom stereocenters. The number of likely N-dealkylation sites (tertiary alicyclic amines) is 1. The molecule has 1 fully saturated rings. The zero-order valence-corrected chi connectivity index (χ0v) is 23.4. The Morgan fingerprint density at radius 1 is 1.07 bits per heavy atom. The number of halogens is 3. The number of aromatic nitrogens is 3. The van der Waals surface area contributed by atoms with Gasteiger partial charge in [0, 0.05) is 5.69 Å². The number of fused-ring (bicyclic) bond motifs is 1. The molecule has 5 rings (SSSR count). The first-order chi connectivity index (χ1) is 19.5. The van der Waals surface area contributed by atoms with Gasteiger partial charge in [0.1, 0.15) is 10.8 Å². The normalized spacial score (nSPS) is 15.1. The van der Waals surface area contributed by atoms with Crippen molar-refractivity contribution in [3.63, 3.8) is 0 Å². The molecule has 1 aliphatic heterocycles. The fourth-order valence-electron chi connectivity index (χ4n) is 4.59. The number of carbonyl (C=O) groups is 1. The Morgan fingerprint density at radius 3 is 2.51 bits per heavy atom. The van der Waals surface area contributed by atoms with Crippen molar-refractivity contribution in [3.8, 4) is 0 Å². The molecule has 0 radical (unpaired) electrons. The molecule has 10 nitrogen and oxygen atoms in total. The van der Waals surface area contributed by atoms with Gasteiger partial charge in [0.15, 0.2) is 0 Å². The van der Waals surface area contributed by atoms with Crippen molar-refractivity contribution in [3.05, 3.63) is 66.0 Å². The summed E-state index contributed by atoms with van der Waals surface area (Å²) in [5.41, 5.74) is 2.80. The molecule has 0 aliphatic carbocycles. The van der Waals surface area contributed by atoms with E-state index < -0.39 is 33.9 Å². The van der Waals surface area contributed by atoms with Crippen molar-refractivity contribution in [2.45, 2.75) is 31.2 Å². The summed E-state index contributed by atoms with van der Waals surface area (Å²) in [6, 6.07) is 13.6. The molecule has 2 aromatic heterocycles. The molecule has 1 aliphatic rings. The third-order valence-electron chi connectivity index (χ3n) is 6.54. The average Bonchev–Trinajstić information content (AvgIpc) is 3.27. The number of nitrogens with zero attached hydrogens (tertiary/aromatic N) is 4. The molecule has 15 heteroatoms. The second kappa shape index (κ2) is 11.6. The third-order valence-corrected chi connectivity index (χ3v) is 9.26. The Bertz CT molecular complexity index is 1670. The molecule has 41 heavy (non-hydrogen) atoms. The van der Waals surface area contributed by atoms with Gasteiger partial charge in [-0.3, -0.25) is 19.4 Å². The fraction of sp³-hybridized carbons (Fsp3) is 0.308. The van der Waals surface area contributed by atoms with Crippen molar-refractivity contribution < 1.29 is 26.4 Å². The van der Waals surface area contributed by atoms with Crippen LogP contribution in [0.25, 0.3) is 11.0 Å². The maximum absolute atomic E-state index is 13.2. The molecule has 0 unspecified atom stereocenters. The Morgan fingerprint density at radius 2 is 1.78 bits per heavy atom. The minimum absolute atomic E-state index is 0.0381. The minimum Gasteiger partial charge on any atom is -0.329 e. The van der Waals surface area contributed by atoms with Crippen LogP contribution < -0.4 is 15.4 Å². The van der Waals surface area contributed by atoms with Gasteiger partial charge in [0.05, 0.1) is 46.0 Å². The Kier molecular flexibility index (Phi) is 8.11. The van der Waals surface area contributed by atoms with Gasteiger partial charge in [-0.05, 0) is 74.7 Å². The van der Waals surface area contributed by atoms with Crippen LogP contribution in [0.15, 0.2) is 54.7 Å². The standard InChI is InChI=1S/C26H26F3N7O3S2/c1-16-23(25(40-34-16)33-22-14-30-20-7-2-3-8-21(20)32-22)24(37)31-17-5-4-6-18(13-17)35-41(38,39)19-9-11-36(12-10-19)15-26(27,28)29/h2-8,13-14,19,35H,9-12,15H2,1H3,(H,31,37)(H,32,33). The molecule has 0 spiro atoms. The minimum atomic E-state index is -4.33. The van der Waals surface area contributed by atoms with Crippen molar-refractivity contribution >= 4 is 60.7 Å². The van der Waals surface area contributed by atoms with E-state index >= 15 is 0 Å². The highest BCUT2D eigenvalue weighted by Crippen LogP contribution is 2.30. The summed E-state index contributed by atoms with van der Waals surface area (Å²) in [6.45, 7) is 0.723. The van der Waals surface area contributed by atoms with Crippen LogP contribution in [0.4, 0.5) is 35.4 Å². The largest absolute Gasteiger partial charge is 0.401 e. The zero-order chi connectivity index (χ0) is 29.2. The maximum Gasteiger partial charge on any atom is 0.401 e. The summed E-state index contributed by atoms with van der Waals surface area (Å²) < 4.78 is 70.7. The number of piperidine rings is 1. The van der Waals surface area contributed by atoms with E-state index in [2.05, 4.69) is 29.7 Å². The number of hydrogen-bond acceptors (Lipinski definition) is 9. The Labute approximate surface area is 238 Å². The highest BCUT2D eigenvalue weighted by Gasteiger charge is 2.35. The predicted octanol–water partition coefficient (Wildman–Crippen LogP) is 5.16. The monoisotopic (exact) mass is 605 g/mol. The summed E-state index contributed by atoms with van der Waals surface area (Å²) in [5, 5.41) is 5.54. The topological polar surface area (TPSA) is 129 Å². The Hall–Kier alpha value is -3.82. The summed E-state index contributed by atoms with van der Waals surface area (Å²) >= 11 is 1.10. The first kappa shape index (κ1) is 28.7. The molecular weight excluding hydrogens is 579 g/mol. The van der Waals surface area contributed by atoms with E-state index in [0.717, 1.165) is 17.0 Å². The second-order valence-electron chi connectivity index (χ2n) is 9.61. The predicted molar refractivity (Wildman–Crippen MR) is 152 cm³/mol. The number of benzene rings is 2. The third kappa shape index (κ3) is 7.10. The lowest BCUT2D eigenvalue weighted by atomic mass is 10.1. The number of sulfonamides is 1. The number of amides is 1. The molecule has 0 saturated carbocycles. The number of rotatable bonds is 8. The number of nitrogens with one attached hydrogen (secondary N) is 3. The van der Waals surface area contributed by atoms with Gasteiger partial charge >= 0.3 is 6.18 Å². The van der Waals surface area contributed by atoms with E-state index in [1.54, 1.807) is 25.3 Å². The number of anilines is 4. The lowest BCUT2D eigenvalue weighted by Crippen LogP contribution is -2.44. The number of para-hydroxylation sites is 2. The molecule has 3 heterocycles. The maximum atomic E-state index is 13.2. The van der Waals surface area contributed by atoms with E-state index in [9.17, 15) is 26.4 Å². The van der Waals surface area contributed by atoms with Crippen molar-refractivity contribution in [1.29, 1.82) is 0 Å². The molecule has 3 N–H and O–H groups in total. The van der Waals surface area contributed by atoms with Crippen LogP contribution in [-0.4, -0.2) is 64.6 Å². The summed E-state index contributed by atoms with van der Waals surface area (Å²) in [5.74, 6) is -0.00779. The molecule has 4 aromatic rings. The molecular formula is C26H26F3N7O3S2. The van der Waals surface area contributed by atoms with Gasteiger partial charge < -0.3 is 10.6 Å². The fourth-order valence-corrected chi connectivity index (χ4v) is 6.84. The lowest BCUT2D eigenvalue weighted by Gasteiger charge is -2.32. The first-order valence-electron chi connectivity index (χ1n) is 12.6. The smallest absolute Gasteiger partial charge is 0.329 e. The van der Waals surface area contributed by atoms with E-state index in [-0.39, 0.29) is 31.6 Å². The zero-order valence-electron chi connectivity index (χ0n) is 21.8. The van der Waals surface area contributed by atoms with E-state index in [4.69, 9.17) is 0 Å². The van der Waals surface area contributed by atoms with Gasteiger partial charge in [-0.25, -0.2) is 13.4 Å². The Balaban J connectivity index is 1.25. The molecule has 2 aromatic carbocycles. The van der Waals surface area contributed by atoms with Gasteiger partial charge in [0.2, 0.25) is 10.0 Å². The first-order valence-corrected chi connectivity index (χ1v) is 15.0. The van der Waals surface area contributed by atoms with Crippen LogP contribution in [0.5, 0.6) is 0 Å². The molecule has 1 saturated heterocycles. The van der Waals surface area contributed by atoms with Gasteiger partial charge in [-0.15, -0.1) is 0 Å². The van der Waals surface area contributed by atoms with E-state index in [1.165, 1.54) is 17.0 Å². The highest BCUT2D eigenvalue weighted by atomic mass is 32.2. The lowest BCUT2D eigenvalue weighted by molar-refractivity contribution is -0.147. The summed E-state index contributed by atoms with van der Waals surface area (Å²) in [6.07, 6.45) is -2.59. The van der Waals surface area contributed by atoms with E-state index in [1.807, 2.05) is 24.3 Å². The second-order valence-corrected chi connectivity index (χ2v) is 12.3. The number of carbonyl (C=O) groups excluding carboxylic acids is 1. The van der Waals surface area contributed by atoms with Gasteiger partial charge in [-0.2, -0.15) is 17.5 Å². The number of aryl methyl sites for hydroxylation is 1. The molecule has 216 valence electrons. The van der Waals surface area contributed by atoms with Crippen LogP contribution in [0, 0.1) is 6.92 Å². The van der Waals surface area contributed by atoms with Crippen molar-refractivity contribution in [2.24, 2.45) is 0 Å². The van der Waals surface area contributed by atoms with Crippen molar-refractivity contribution in [1.82, 2.24) is 19.2 Å². The van der Waals surface area contributed by atoms with Gasteiger partial charge in [0.25, 0.3) is 5.91 Å². The highest BCUT2D eigenvalue weighted by molar-refractivity contribution is 7.93. The quantitative estimate of drug-likeness (QED) is 0.251.